The van der Waals surface area contributed by atoms with Gasteiger partial charge in [-0.1, -0.05) is 58.3 Å². The van der Waals surface area contributed by atoms with Crippen molar-refractivity contribution in [3.8, 4) is 6.07 Å². The molecule has 0 saturated carbocycles. The summed E-state index contributed by atoms with van der Waals surface area (Å²) in [6, 6.07) is 7.07. The summed E-state index contributed by atoms with van der Waals surface area (Å²) >= 11 is 4.64. The maximum Gasteiger partial charge on any atom is 0.471 e. The monoisotopic (exact) mass is 2170 g/mol. The third-order valence-corrected chi connectivity index (χ3v) is 20.6. The molecule has 0 spiro atoms. The summed E-state index contributed by atoms with van der Waals surface area (Å²) in [4.78, 5) is 184. The molecule has 5 aliphatic heterocycles. The first-order chi connectivity index (χ1) is 67.8. The van der Waals surface area contributed by atoms with Crippen molar-refractivity contribution in [1.29, 1.82) is 5.26 Å². The van der Waals surface area contributed by atoms with E-state index in [9.17, 15) is 140 Å². The zero-order valence-corrected chi connectivity index (χ0v) is 85.1. The zero-order valence-electron chi connectivity index (χ0n) is 83.5. The molecule has 4 aromatic rings. The van der Waals surface area contributed by atoms with E-state index in [-0.39, 0.29) is 146 Å². The van der Waals surface area contributed by atoms with E-state index in [0.29, 0.717) is 149 Å². The normalized spacial score (nSPS) is 16.6. The smallest absolute Gasteiger partial charge is 0.412 e. The fraction of sp³-hybridized carbons (Fsp3) is 0.674. The maximum absolute atomic E-state index is 12.5. The number of aliphatic hydroxyl groups is 4. The van der Waals surface area contributed by atoms with Gasteiger partial charge in [0.15, 0.2) is 28.9 Å². The predicted octanol–water partition coefficient (Wildman–Crippen LogP) is 4.74. The van der Waals surface area contributed by atoms with Crippen molar-refractivity contribution in [3.63, 3.8) is 0 Å². The first-order valence-corrected chi connectivity index (χ1v) is 48.9. The Morgan fingerprint density at radius 2 is 0.844 bits per heavy atom. The average molecular weight is 2170 g/mol. The molecule has 0 aliphatic carbocycles. The Morgan fingerprint density at radius 3 is 1.16 bits per heavy atom. The first kappa shape index (κ1) is 138. The highest BCUT2D eigenvalue weighted by molar-refractivity contribution is 7.50. The lowest BCUT2D eigenvalue weighted by Gasteiger charge is -2.24. The van der Waals surface area contributed by atoms with Gasteiger partial charge in [-0.2, -0.15) is 57.9 Å². The number of hydrogen-bond donors (Lipinski definition) is 11. The number of ketones is 2. The standard InChI is InChI=1S/C18H26F3N3O5.C16H24F3N3O4.C15H22F3N3O5.C11H15NO4.C10H14N2O4.C8H14F3NO2.C5H5NO2.C5H10NOP.CH3Cl.H3N.H2O/c1-17(2)28-12-13(29-17)11-23-10-7-14(25)24(16(23)27)9-6-4-3-5-8-22-15(26)18(19,20)21;1-2-12(23)11-21-10-7-13(24)22(15(21)26)9-6-4-3-5-8-20-14(25)16(17,18)19;16-15(17,18)13(25)19-6-3-1-2-4-7-21-12(24)5-8-20(14(21)26)9-11(23)10-22;1-11(2)15-7-9(16-11)6-12-4-3-8(13)5-10(12)14;1-10(2)15-6-7(16-10)5-12-4-3-8(13)11-9(12)14;9-8(10,11)7(14)12-5-3-1-2-4-6-13;7-4-1-2-6-5(8)3-4;1-8(2)7-5-3-4-6;1-2;;/h7,10,13H,3-6,8-9,11-12H2,1-2H3,(H,22,26);7,10,12,23H,2-6,8-9,11H2,1H3,(H,20,25);5,8,11,22-23H,1-4,6-7,9-10H2,(H,19,25);3-4,9H,5-7H2,1-2H3;3-4,7H,5-6H2,1-2H3,(H,11,13,14);13H,1-6H2,(H,12,14);1-2H,3H2,(H,6,8);3,5H2,1-2H3;1H3;1H3;1H2. The SMILES string of the molecule is CC1(C)OCC(CN2C=CC(=O)CC2=O)O1.CC1(C)OCC(Cn2ccc(=O)[nH]c2=O)O1.CC1(C)OCC(Cn2ccc(=O)n(CCCCCCNC(=O)C(F)(F)F)c2=O)O1.CCC(O)Cn1ccc(=O)n(CCCCCCNC(=O)C(F)(F)F)c1=O.CCl.CP(C)OCCC#N.N.O.O=C(NCCCCCCO)C(F)(F)F.O=C(NCCCCCCn1c(=O)ccn(CC(O)CO)c1=O)C(F)(F)F.O=C1C=CNC(=O)C1. The Balaban J connectivity index is 0. The first-order valence-electron chi connectivity index (χ1n) is 46.0. The number of ether oxygens (including phenoxy) is 6. The van der Waals surface area contributed by atoms with Gasteiger partial charge in [-0.3, -0.25) is 94.5 Å². The highest BCUT2D eigenvalue weighted by Gasteiger charge is 2.42. The summed E-state index contributed by atoms with van der Waals surface area (Å²) in [5.41, 5.74) is -3.72. The Kier molecular flexibility index (Phi) is 66.8. The van der Waals surface area contributed by atoms with Crippen molar-refractivity contribution in [2.24, 2.45) is 0 Å². The number of carbonyl (C=O) groups is 8. The lowest BCUT2D eigenvalue weighted by atomic mass is 10.2. The minimum absolute atomic E-state index is 0. The molecule has 838 valence electrons. The van der Waals surface area contributed by atoms with Crippen LogP contribution in [-0.2, 0) is 117 Å². The number of H-pyrrole nitrogens is 1. The van der Waals surface area contributed by atoms with Gasteiger partial charge >= 0.3 is 71.1 Å². The number of nitriles is 1. The number of amides is 6. The largest absolute Gasteiger partial charge is 0.471 e. The molecular weight excluding hydrogens is 2040 g/mol. The minimum Gasteiger partial charge on any atom is -0.412 e. The Morgan fingerprint density at radius 1 is 0.503 bits per heavy atom. The number of nitrogens with zero attached hydrogens (tertiary/aromatic N) is 9. The van der Waals surface area contributed by atoms with Crippen LogP contribution in [0.5, 0.6) is 0 Å². The second-order valence-electron chi connectivity index (χ2n) is 33.7. The number of hydrogen-bond acceptors (Lipinski definition) is 29. The molecule has 44 nitrogen and oxygen atoms in total. The van der Waals surface area contributed by atoms with E-state index < -0.39 is 130 Å². The number of alkyl halides is 13. The molecule has 5 atom stereocenters. The highest BCUT2D eigenvalue weighted by atomic mass is 35.5. The van der Waals surface area contributed by atoms with Crippen molar-refractivity contribution >= 4 is 66.8 Å². The lowest BCUT2D eigenvalue weighted by molar-refractivity contribution is -0.173. The second-order valence-corrected chi connectivity index (χ2v) is 35.6. The summed E-state index contributed by atoms with van der Waals surface area (Å²) in [6.45, 7) is 19.5. The van der Waals surface area contributed by atoms with Gasteiger partial charge in [0.25, 0.3) is 22.2 Å². The summed E-state index contributed by atoms with van der Waals surface area (Å²) in [5, 5.41) is 53.8. The van der Waals surface area contributed by atoms with E-state index in [1.807, 2.05) is 47.1 Å². The van der Waals surface area contributed by atoms with E-state index in [1.54, 1.807) is 42.0 Å². The Labute approximate surface area is 843 Å². The van der Waals surface area contributed by atoms with Crippen molar-refractivity contribution < 1.29 is 150 Å². The van der Waals surface area contributed by atoms with Crippen LogP contribution < -0.4 is 77.7 Å². The van der Waals surface area contributed by atoms with Gasteiger partial charge in [0.05, 0.1) is 103 Å². The highest BCUT2D eigenvalue weighted by Crippen LogP contribution is 2.28. The molecule has 6 amide bonds. The number of aromatic amines is 1. The van der Waals surface area contributed by atoms with E-state index in [2.05, 4.69) is 21.9 Å². The number of halogens is 13. The molecular formula is C89H138ClF12N16O28P. The third kappa shape index (κ3) is 59.9. The van der Waals surface area contributed by atoms with Gasteiger partial charge in [-0.15, -0.1) is 11.6 Å². The topological polar surface area (TPSA) is 623 Å². The number of allylic oxidation sites excluding steroid dienone is 2. The molecule has 3 saturated heterocycles. The molecule has 0 radical (unpaired) electrons. The summed E-state index contributed by atoms with van der Waals surface area (Å²) < 4.78 is 190. The number of aliphatic hydroxyl groups excluding tert-OH is 4. The maximum atomic E-state index is 12.5. The van der Waals surface area contributed by atoms with E-state index in [0.717, 1.165) is 24.7 Å². The molecule has 15 N–H and O–H groups in total. The second kappa shape index (κ2) is 71.0. The number of aromatic nitrogens is 8. The van der Waals surface area contributed by atoms with E-state index in [1.165, 1.54) is 98.6 Å². The van der Waals surface area contributed by atoms with Gasteiger partial charge in [0.1, 0.15) is 18.3 Å². The van der Waals surface area contributed by atoms with Crippen molar-refractivity contribution in [3.05, 3.63) is 157 Å². The molecule has 9 rings (SSSR count). The van der Waals surface area contributed by atoms with Crippen LogP contribution in [0.25, 0.3) is 0 Å². The van der Waals surface area contributed by atoms with Crippen LogP contribution in [0.2, 0.25) is 0 Å². The Hall–Kier alpha value is -10.8. The number of carbonyl (C=O) groups excluding carboxylic acids is 8. The van der Waals surface area contributed by atoms with Gasteiger partial charge < -0.3 is 96.5 Å². The summed E-state index contributed by atoms with van der Waals surface area (Å²) in [5.74, 6) is -10.3. The molecule has 5 aliphatic rings. The molecule has 58 heteroatoms. The van der Waals surface area contributed by atoms with Gasteiger partial charge in [0, 0.05) is 128 Å². The van der Waals surface area contributed by atoms with Crippen LogP contribution in [0, 0.1) is 11.3 Å². The van der Waals surface area contributed by atoms with Gasteiger partial charge in [0.2, 0.25) is 11.8 Å². The fourth-order valence-electron chi connectivity index (χ4n) is 12.7. The molecule has 0 aromatic carbocycles. The van der Waals surface area contributed by atoms with E-state index in [4.69, 9.17) is 48.4 Å². The van der Waals surface area contributed by atoms with Crippen molar-refractivity contribution in [2.45, 2.75) is 295 Å². The third-order valence-electron chi connectivity index (χ3n) is 19.9. The number of rotatable bonds is 42. The van der Waals surface area contributed by atoms with Crippen LogP contribution in [0.1, 0.15) is 177 Å². The zero-order chi connectivity index (χ0) is 110. The van der Waals surface area contributed by atoms with Crippen LogP contribution in [0.3, 0.4) is 0 Å². The van der Waals surface area contributed by atoms with Gasteiger partial charge in [-0.05, 0) is 125 Å². The average Bonchev–Trinajstić information content (AvgIpc) is 1.81. The molecule has 0 bridgehead atoms. The Bertz CT molecular complexity index is 5150. The summed E-state index contributed by atoms with van der Waals surface area (Å²) in [6.07, 6.45) is 0.320. The number of nitrogens with one attached hydrogen (secondary N) is 6. The minimum atomic E-state index is -4.89. The fourth-order valence-corrected chi connectivity index (χ4v) is 13.1. The number of unbranched alkanes of at least 4 members (excludes halogenated alkanes) is 12. The molecule has 4 aromatic heterocycles. The lowest BCUT2D eigenvalue weighted by Crippen LogP contribution is -2.41. The molecule has 5 unspecified atom stereocenters. The van der Waals surface area contributed by atoms with Crippen molar-refractivity contribution in [1.82, 2.24) is 74.6 Å². The molecule has 3 fully saturated rings. The van der Waals surface area contributed by atoms with Crippen LogP contribution in [-0.4, -0.2) is 279 Å². The summed E-state index contributed by atoms with van der Waals surface area (Å²) in [7, 11) is -0.263. The van der Waals surface area contributed by atoms with Crippen molar-refractivity contribution in [2.75, 3.05) is 92.1 Å². The van der Waals surface area contributed by atoms with Crippen LogP contribution in [0.15, 0.2) is 112 Å². The predicted molar refractivity (Wildman–Crippen MR) is 510 cm³/mol. The van der Waals surface area contributed by atoms with Crippen LogP contribution >= 0.6 is 19.7 Å². The van der Waals surface area contributed by atoms with Gasteiger partial charge in [-0.25, -0.2) is 19.2 Å². The van der Waals surface area contributed by atoms with Crippen LogP contribution in [0.4, 0.5) is 52.7 Å². The molecule has 9 heterocycles. The molecule has 147 heavy (non-hydrogen) atoms. The van der Waals surface area contributed by atoms with E-state index >= 15 is 0 Å². The quantitative estimate of drug-likeness (QED) is 0.00938.